The van der Waals surface area contributed by atoms with Gasteiger partial charge >= 0.3 is 0 Å². The second-order valence-corrected chi connectivity index (χ2v) is 6.96. The molecule has 0 amide bonds. The van der Waals surface area contributed by atoms with Crippen molar-refractivity contribution in [1.82, 2.24) is 14.9 Å². The lowest BCUT2D eigenvalue weighted by Gasteiger charge is -2.13. The van der Waals surface area contributed by atoms with Crippen LogP contribution in [0.4, 0.5) is 0 Å². The van der Waals surface area contributed by atoms with Gasteiger partial charge in [-0.2, -0.15) is 5.26 Å². The fourth-order valence-electron chi connectivity index (χ4n) is 2.49. The van der Waals surface area contributed by atoms with Crippen molar-refractivity contribution in [1.29, 1.82) is 5.26 Å². The summed E-state index contributed by atoms with van der Waals surface area (Å²) in [6, 6.07) is 20.3. The van der Waals surface area contributed by atoms with Crippen molar-refractivity contribution < 1.29 is 8.42 Å². The van der Waals surface area contributed by atoms with E-state index in [0.29, 0.717) is 16.8 Å². The van der Waals surface area contributed by atoms with E-state index in [4.69, 9.17) is 0 Å². The monoisotopic (exact) mass is 350 g/mol. The number of sulfonamides is 1. The van der Waals surface area contributed by atoms with Crippen LogP contribution in [-0.4, -0.2) is 25.7 Å². The summed E-state index contributed by atoms with van der Waals surface area (Å²) in [6.07, 6.45) is 0. The number of nitrogens with zero attached hydrogens (tertiary/aromatic N) is 3. The minimum atomic E-state index is -3.92. The molecule has 0 aliphatic heterocycles. The summed E-state index contributed by atoms with van der Waals surface area (Å²) in [5.74, 6) is 0. The molecule has 0 atom stereocenters. The minimum Gasteiger partial charge on any atom is -0.213 e. The van der Waals surface area contributed by atoms with Gasteiger partial charge in [0.25, 0.3) is 10.0 Å². The van der Waals surface area contributed by atoms with Crippen LogP contribution in [0.1, 0.15) is 5.56 Å². The van der Waals surface area contributed by atoms with E-state index in [2.05, 4.69) is 14.9 Å². The topological polar surface area (TPSA) is 95.7 Å². The summed E-state index contributed by atoms with van der Waals surface area (Å²) in [4.78, 5) is 0. The number of nitriles is 1. The van der Waals surface area contributed by atoms with Gasteiger partial charge in [0.15, 0.2) is 0 Å². The second-order valence-electron chi connectivity index (χ2n) is 5.16. The van der Waals surface area contributed by atoms with Gasteiger partial charge in [0.05, 0.1) is 0 Å². The molecule has 0 bridgehead atoms. The maximum absolute atomic E-state index is 12.2. The molecule has 1 N–H and O–H groups in total. The molecule has 0 saturated carbocycles. The molecule has 1 aromatic heterocycles. The molecule has 0 spiro atoms. The molecule has 0 aliphatic rings. The fraction of sp³-hybridized carbons (Fsp3) is 0.0556. The van der Waals surface area contributed by atoms with Crippen LogP contribution in [0.3, 0.4) is 0 Å². The highest BCUT2D eigenvalue weighted by Gasteiger charge is 2.26. The predicted octanol–water partition coefficient (Wildman–Crippen LogP) is 2.59. The Bertz CT molecular complexity index is 1040. The van der Waals surface area contributed by atoms with Gasteiger partial charge in [0.2, 0.25) is 5.03 Å². The zero-order valence-electron chi connectivity index (χ0n) is 13.3. The van der Waals surface area contributed by atoms with E-state index in [1.807, 2.05) is 54.6 Å². The predicted molar refractivity (Wildman–Crippen MR) is 93.9 cm³/mol. The van der Waals surface area contributed by atoms with Gasteiger partial charge in [-0.05, 0) is 12.6 Å². The lowest BCUT2D eigenvalue weighted by atomic mass is 9.96. The Labute approximate surface area is 145 Å². The molecule has 6 nitrogen and oxygen atoms in total. The zero-order chi connectivity index (χ0) is 17.9. The van der Waals surface area contributed by atoms with Crippen molar-refractivity contribution in [3.8, 4) is 28.5 Å². The van der Waals surface area contributed by atoms with E-state index < -0.39 is 10.0 Å². The molecule has 25 heavy (non-hydrogen) atoms. The number of benzene rings is 2. The van der Waals surface area contributed by atoms with Crippen molar-refractivity contribution in [3.05, 3.63) is 66.2 Å². The van der Waals surface area contributed by atoms with Crippen LogP contribution in [0.25, 0.3) is 22.4 Å². The van der Waals surface area contributed by atoms with E-state index in [-0.39, 0.29) is 10.6 Å². The minimum absolute atomic E-state index is 0.0330. The van der Waals surface area contributed by atoms with Crippen LogP contribution in [0.5, 0.6) is 0 Å². The van der Waals surface area contributed by atoms with Crippen LogP contribution in [-0.2, 0) is 10.0 Å². The molecule has 2 aromatic carbocycles. The van der Waals surface area contributed by atoms with Crippen LogP contribution >= 0.6 is 0 Å². The molecule has 124 valence electrons. The number of aromatic nitrogens is 2. The molecule has 3 rings (SSSR count). The first-order chi connectivity index (χ1) is 12.1. The average Bonchev–Trinajstić information content (AvgIpc) is 2.68. The maximum atomic E-state index is 12.2. The van der Waals surface area contributed by atoms with E-state index in [1.54, 1.807) is 12.1 Å². The SMILES string of the molecule is CNS(=O)(=O)c1nnc(-c2ccccc2)c(-c2ccccc2)c1C#N. The first-order valence-electron chi connectivity index (χ1n) is 7.43. The fourth-order valence-corrected chi connectivity index (χ4v) is 3.25. The van der Waals surface area contributed by atoms with Crippen molar-refractivity contribution in [3.63, 3.8) is 0 Å². The Hall–Kier alpha value is -3.08. The second kappa shape index (κ2) is 6.81. The standard InChI is InChI=1S/C18H14N4O2S/c1-20-25(23,24)18-15(12-19)16(13-8-4-2-5-9-13)17(21-22-18)14-10-6-3-7-11-14/h2-11,20H,1H3. The zero-order valence-corrected chi connectivity index (χ0v) is 14.2. The molecule has 3 aromatic rings. The Morgan fingerprint density at radius 3 is 2.00 bits per heavy atom. The van der Waals surface area contributed by atoms with Gasteiger partial charge in [0.1, 0.15) is 17.3 Å². The molecule has 7 heteroatoms. The summed E-state index contributed by atoms with van der Waals surface area (Å²) < 4.78 is 26.7. The summed E-state index contributed by atoms with van der Waals surface area (Å²) in [5, 5.41) is 17.3. The third-order valence-electron chi connectivity index (χ3n) is 3.69. The average molecular weight is 350 g/mol. The Morgan fingerprint density at radius 2 is 1.48 bits per heavy atom. The molecule has 0 fully saturated rings. The Morgan fingerprint density at radius 1 is 0.920 bits per heavy atom. The van der Waals surface area contributed by atoms with Crippen molar-refractivity contribution >= 4 is 10.0 Å². The molecular weight excluding hydrogens is 336 g/mol. The van der Waals surface area contributed by atoms with Crippen LogP contribution in [0.15, 0.2) is 65.7 Å². The highest BCUT2D eigenvalue weighted by molar-refractivity contribution is 7.89. The van der Waals surface area contributed by atoms with Gasteiger partial charge in [-0.1, -0.05) is 60.7 Å². The van der Waals surface area contributed by atoms with E-state index in [0.717, 1.165) is 5.56 Å². The van der Waals surface area contributed by atoms with Crippen LogP contribution in [0.2, 0.25) is 0 Å². The largest absolute Gasteiger partial charge is 0.261 e. The van der Waals surface area contributed by atoms with E-state index in [1.165, 1.54) is 7.05 Å². The Kier molecular flexibility index (Phi) is 4.57. The molecule has 0 saturated heterocycles. The molecule has 0 aliphatic carbocycles. The van der Waals surface area contributed by atoms with Crippen molar-refractivity contribution in [2.24, 2.45) is 0 Å². The number of hydrogen-bond acceptors (Lipinski definition) is 5. The van der Waals surface area contributed by atoms with Gasteiger partial charge in [-0.15, -0.1) is 10.2 Å². The number of rotatable bonds is 4. The summed E-state index contributed by atoms with van der Waals surface area (Å²) in [7, 11) is -2.65. The van der Waals surface area contributed by atoms with E-state index in [9.17, 15) is 13.7 Å². The highest BCUT2D eigenvalue weighted by Crippen LogP contribution is 2.34. The first-order valence-corrected chi connectivity index (χ1v) is 8.92. The summed E-state index contributed by atoms with van der Waals surface area (Å²) in [5.41, 5.74) is 2.31. The van der Waals surface area contributed by atoms with E-state index >= 15 is 0 Å². The van der Waals surface area contributed by atoms with Gasteiger partial charge in [-0.3, -0.25) is 0 Å². The number of nitrogens with one attached hydrogen (secondary N) is 1. The van der Waals surface area contributed by atoms with Gasteiger partial charge in [0, 0.05) is 11.1 Å². The third kappa shape index (κ3) is 3.13. The quantitative estimate of drug-likeness (QED) is 0.780. The molecule has 0 radical (unpaired) electrons. The molecule has 0 unspecified atom stereocenters. The normalized spacial score (nSPS) is 11.0. The molecule has 1 heterocycles. The highest BCUT2D eigenvalue weighted by atomic mass is 32.2. The lowest BCUT2D eigenvalue weighted by molar-refractivity contribution is 0.582. The third-order valence-corrected chi connectivity index (χ3v) is 5.02. The van der Waals surface area contributed by atoms with Gasteiger partial charge < -0.3 is 0 Å². The van der Waals surface area contributed by atoms with Crippen LogP contribution in [0, 0.1) is 11.3 Å². The maximum Gasteiger partial charge on any atom is 0.261 e. The smallest absolute Gasteiger partial charge is 0.213 e. The lowest BCUT2D eigenvalue weighted by Crippen LogP contribution is -2.22. The van der Waals surface area contributed by atoms with Gasteiger partial charge in [-0.25, -0.2) is 13.1 Å². The summed E-state index contributed by atoms with van der Waals surface area (Å²) >= 11 is 0. The van der Waals surface area contributed by atoms with Crippen molar-refractivity contribution in [2.45, 2.75) is 5.03 Å². The Balaban J connectivity index is 2.42. The van der Waals surface area contributed by atoms with Crippen LogP contribution < -0.4 is 4.72 Å². The number of hydrogen-bond donors (Lipinski definition) is 1. The van der Waals surface area contributed by atoms with Crippen molar-refractivity contribution in [2.75, 3.05) is 7.05 Å². The first kappa shape index (κ1) is 16.8. The summed E-state index contributed by atoms with van der Waals surface area (Å²) in [6.45, 7) is 0. The molecular formula is C18H14N4O2S.